The van der Waals surface area contributed by atoms with Gasteiger partial charge in [0.25, 0.3) is 0 Å². The van der Waals surface area contributed by atoms with E-state index in [1.807, 2.05) is 23.0 Å². The van der Waals surface area contributed by atoms with Gasteiger partial charge in [-0.1, -0.05) is 30.3 Å². The van der Waals surface area contributed by atoms with Crippen LogP contribution < -0.4 is 0 Å². The number of thioether (sulfide) groups is 1. The summed E-state index contributed by atoms with van der Waals surface area (Å²) in [7, 11) is 0. The van der Waals surface area contributed by atoms with Crippen molar-refractivity contribution in [1.82, 2.24) is 14.5 Å². The second-order valence-corrected chi connectivity index (χ2v) is 7.89. The summed E-state index contributed by atoms with van der Waals surface area (Å²) in [5.74, 6) is 1.45. The van der Waals surface area contributed by atoms with Gasteiger partial charge in [-0.3, -0.25) is 4.79 Å². The fourth-order valence-electron chi connectivity index (χ4n) is 3.62. The Labute approximate surface area is 147 Å². The molecular weight excluding hydrogens is 318 g/mol. The van der Waals surface area contributed by atoms with Crippen LogP contribution in [0.5, 0.6) is 0 Å². The Balaban J connectivity index is 1.41. The molecule has 3 heterocycles. The fourth-order valence-corrected chi connectivity index (χ4v) is 4.86. The molecule has 0 aliphatic carbocycles. The number of carbonyl (C=O) groups is 1. The molecule has 0 bridgehead atoms. The second-order valence-electron chi connectivity index (χ2n) is 6.58. The van der Waals surface area contributed by atoms with E-state index in [0.717, 1.165) is 43.8 Å². The number of hydrogen-bond donors (Lipinski definition) is 0. The lowest BCUT2D eigenvalue weighted by Gasteiger charge is -2.29. The van der Waals surface area contributed by atoms with Crippen LogP contribution in [0.3, 0.4) is 0 Å². The molecule has 2 aliphatic heterocycles. The summed E-state index contributed by atoms with van der Waals surface area (Å²) >= 11 is 1.82. The second kappa shape index (κ2) is 7.01. The molecule has 0 spiro atoms. The van der Waals surface area contributed by atoms with Gasteiger partial charge in [0.05, 0.1) is 23.8 Å². The lowest BCUT2D eigenvalue weighted by atomic mass is 10.1. The molecule has 0 unspecified atom stereocenters. The first-order chi connectivity index (χ1) is 11.8. The van der Waals surface area contributed by atoms with Crippen LogP contribution in [0.15, 0.2) is 36.7 Å². The van der Waals surface area contributed by atoms with Crippen molar-refractivity contribution in [2.45, 2.75) is 44.0 Å². The number of aromatic nitrogens is 2. The number of nitrogens with zero attached hydrogens (tertiary/aromatic N) is 3. The van der Waals surface area contributed by atoms with Gasteiger partial charge in [0.15, 0.2) is 0 Å². The van der Waals surface area contributed by atoms with Gasteiger partial charge in [-0.05, 0) is 30.6 Å². The Hall–Kier alpha value is -1.75. The molecule has 1 aromatic carbocycles. The number of rotatable bonds is 4. The third-order valence-electron chi connectivity index (χ3n) is 4.99. The van der Waals surface area contributed by atoms with E-state index < -0.39 is 0 Å². The van der Waals surface area contributed by atoms with Crippen LogP contribution in [0.25, 0.3) is 0 Å². The van der Waals surface area contributed by atoms with Gasteiger partial charge >= 0.3 is 0 Å². The molecular formula is C19H23N3OS. The minimum atomic E-state index is 0.187. The molecule has 1 amide bonds. The van der Waals surface area contributed by atoms with Crippen LogP contribution in [0.2, 0.25) is 0 Å². The van der Waals surface area contributed by atoms with E-state index in [4.69, 9.17) is 0 Å². The van der Waals surface area contributed by atoms with Crippen molar-refractivity contribution in [2.24, 2.45) is 0 Å². The Kier molecular flexibility index (Phi) is 4.60. The smallest absolute Gasteiger partial charge is 0.236 e. The number of imidazole rings is 1. The predicted molar refractivity (Wildman–Crippen MR) is 97.0 cm³/mol. The first kappa shape index (κ1) is 15.8. The van der Waals surface area contributed by atoms with Gasteiger partial charge in [-0.2, -0.15) is 0 Å². The van der Waals surface area contributed by atoms with Crippen LogP contribution >= 0.6 is 11.8 Å². The molecule has 0 radical (unpaired) electrons. The van der Waals surface area contributed by atoms with Crippen molar-refractivity contribution >= 4 is 17.7 Å². The molecule has 4 rings (SSSR count). The molecule has 1 fully saturated rings. The molecule has 1 atom stereocenters. The highest BCUT2D eigenvalue weighted by atomic mass is 32.2. The van der Waals surface area contributed by atoms with E-state index >= 15 is 0 Å². The number of fused-ring (bicyclic) bond motifs is 1. The zero-order valence-electron chi connectivity index (χ0n) is 13.9. The van der Waals surface area contributed by atoms with Gasteiger partial charge in [0.1, 0.15) is 0 Å². The van der Waals surface area contributed by atoms with E-state index in [9.17, 15) is 4.79 Å². The molecule has 5 heteroatoms. The molecule has 2 aliphatic rings. The Morgan fingerprint density at radius 2 is 2.17 bits per heavy atom. The molecule has 2 aromatic rings. The molecule has 0 N–H and O–H groups in total. The maximum Gasteiger partial charge on any atom is 0.236 e. The van der Waals surface area contributed by atoms with E-state index in [1.165, 1.54) is 17.7 Å². The highest BCUT2D eigenvalue weighted by molar-refractivity contribution is 8.00. The lowest BCUT2D eigenvalue weighted by Crippen LogP contribution is -2.40. The summed E-state index contributed by atoms with van der Waals surface area (Å²) in [6.07, 6.45) is 6.11. The Morgan fingerprint density at radius 1 is 1.29 bits per heavy atom. The highest BCUT2D eigenvalue weighted by Gasteiger charge is 2.31. The van der Waals surface area contributed by atoms with Gasteiger partial charge < -0.3 is 9.47 Å². The zero-order valence-corrected chi connectivity index (χ0v) is 14.7. The summed E-state index contributed by atoms with van der Waals surface area (Å²) in [6, 6.07) is 10.6. The monoisotopic (exact) mass is 341 g/mol. The fraction of sp³-hybridized carbons (Fsp3) is 0.474. The quantitative estimate of drug-likeness (QED) is 0.858. The predicted octanol–water partition coefficient (Wildman–Crippen LogP) is 2.91. The van der Waals surface area contributed by atoms with Gasteiger partial charge in [-0.15, -0.1) is 11.8 Å². The molecule has 126 valence electrons. The van der Waals surface area contributed by atoms with Gasteiger partial charge in [-0.25, -0.2) is 4.98 Å². The standard InChI is InChI=1S/C19H23N3OS/c23-19(18-7-4-12-24-18)21-11-9-17-16(13-21)20-14-22(17)10-8-15-5-2-1-3-6-15/h1-3,5-6,14,18H,4,7-13H2/t18-/m0/s1. The van der Waals surface area contributed by atoms with Crippen molar-refractivity contribution < 1.29 is 4.79 Å². The Bertz CT molecular complexity index is 707. The summed E-state index contributed by atoms with van der Waals surface area (Å²) < 4.78 is 2.27. The van der Waals surface area contributed by atoms with Crippen LogP contribution in [-0.2, 0) is 30.7 Å². The molecule has 4 nitrogen and oxygen atoms in total. The number of carbonyl (C=O) groups excluding carboxylic acids is 1. The first-order valence-electron chi connectivity index (χ1n) is 8.78. The number of amides is 1. The van der Waals surface area contributed by atoms with E-state index in [-0.39, 0.29) is 5.25 Å². The van der Waals surface area contributed by atoms with E-state index in [2.05, 4.69) is 39.9 Å². The van der Waals surface area contributed by atoms with Crippen molar-refractivity contribution in [3.63, 3.8) is 0 Å². The molecule has 1 aromatic heterocycles. The third kappa shape index (κ3) is 3.22. The van der Waals surface area contributed by atoms with Crippen LogP contribution in [0.4, 0.5) is 0 Å². The number of hydrogen-bond acceptors (Lipinski definition) is 3. The zero-order chi connectivity index (χ0) is 16.4. The largest absolute Gasteiger partial charge is 0.335 e. The normalized spacial score (nSPS) is 20.2. The van der Waals surface area contributed by atoms with Gasteiger partial charge in [0.2, 0.25) is 5.91 Å². The summed E-state index contributed by atoms with van der Waals surface area (Å²) in [4.78, 5) is 19.2. The summed E-state index contributed by atoms with van der Waals surface area (Å²) in [5, 5.41) is 0.187. The number of aryl methyl sites for hydroxylation is 2. The van der Waals surface area contributed by atoms with Crippen molar-refractivity contribution in [3.8, 4) is 0 Å². The van der Waals surface area contributed by atoms with Crippen LogP contribution in [0.1, 0.15) is 29.8 Å². The summed E-state index contributed by atoms with van der Waals surface area (Å²) in [5.41, 5.74) is 3.76. The average molecular weight is 341 g/mol. The van der Waals surface area contributed by atoms with Crippen LogP contribution in [-0.4, -0.2) is 37.9 Å². The molecule has 0 saturated carbocycles. The minimum absolute atomic E-state index is 0.187. The Morgan fingerprint density at radius 3 is 2.96 bits per heavy atom. The maximum atomic E-state index is 12.6. The van der Waals surface area contributed by atoms with Crippen molar-refractivity contribution in [1.29, 1.82) is 0 Å². The van der Waals surface area contributed by atoms with E-state index in [1.54, 1.807) is 0 Å². The van der Waals surface area contributed by atoms with Gasteiger partial charge in [0, 0.05) is 25.2 Å². The van der Waals surface area contributed by atoms with E-state index in [0.29, 0.717) is 12.5 Å². The average Bonchev–Trinajstić information content (AvgIpc) is 3.30. The first-order valence-corrected chi connectivity index (χ1v) is 9.83. The lowest BCUT2D eigenvalue weighted by molar-refractivity contribution is -0.131. The summed E-state index contributed by atoms with van der Waals surface area (Å²) in [6.45, 7) is 2.47. The van der Waals surface area contributed by atoms with Crippen LogP contribution in [0, 0.1) is 0 Å². The number of benzene rings is 1. The molecule has 24 heavy (non-hydrogen) atoms. The third-order valence-corrected chi connectivity index (χ3v) is 6.36. The maximum absolute atomic E-state index is 12.6. The van der Waals surface area contributed by atoms with Crippen molar-refractivity contribution in [2.75, 3.05) is 12.3 Å². The topological polar surface area (TPSA) is 38.1 Å². The van der Waals surface area contributed by atoms with Crippen molar-refractivity contribution in [3.05, 3.63) is 53.6 Å². The SMILES string of the molecule is O=C([C@@H]1CCCS1)N1CCc2c(ncn2CCc2ccccc2)C1. The highest BCUT2D eigenvalue weighted by Crippen LogP contribution is 2.29. The molecule has 1 saturated heterocycles. The minimum Gasteiger partial charge on any atom is -0.335 e.